The Morgan fingerprint density at radius 3 is 2.00 bits per heavy atom. The quantitative estimate of drug-likeness (QED) is 0.769. The zero-order valence-electron chi connectivity index (χ0n) is 10.0. The second-order valence-electron chi connectivity index (χ2n) is 5.07. The number of hydrogen-bond donors (Lipinski definition) is 1. The first-order valence-electron chi connectivity index (χ1n) is 4.97. The van der Waals surface area contributed by atoms with Gasteiger partial charge >= 0.3 is 5.97 Å². The third kappa shape index (κ3) is 3.19. The van der Waals surface area contributed by atoms with Crippen molar-refractivity contribution < 1.29 is 9.90 Å². The highest BCUT2D eigenvalue weighted by atomic mass is 32.2. The second-order valence-corrected chi connectivity index (χ2v) is 6.67. The van der Waals surface area contributed by atoms with E-state index in [1.165, 1.54) is 11.8 Å². The molecule has 0 radical (unpaired) electrons. The normalized spacial score (nSPS) is 13.4. The van der Waals surface area contributed by atoms with Crippen LogP contribution in [0.5, 0.6) is 0 Å². The first-order valence-corrected chi connectivity index (χ1v) is 5.95. The summed E-state index contributed by atoms with van der Waals surface area (Å²) in [4.78, 5) is 10.5. The van der Waals surface area contributed by atoms with Gasteiger partial charge in [-0.1, -0.05) is 41.5 Å². The molecule has 0 fully saturated rings. The van der Waals surface area contributed by atoms with Gasteiger partial charge in [0.05, 0.1) is 5.75 Å². The standard InChI is InChI=1S/C11H22O2S/c1-8(2)10(3,4)11(5,6)14-7-9(12)13/h8H,7H2,1-6H3,(H,12,13). The minimum atomic E-state index is -0.734. The van der Waals surface area contributed by atoms with Crippen molar-refractivity contribution in [3.63, 3.8) is 0 Å². The molecule has 0 aliphatic rings. The molecule has 0 amide bonds. The lowest BCUT2D eigenvalue weighted by molar-refractivity contribution is -0.133. The van der Waals surface area contributed by atoms with Crippen LogP contribution < -0.4 is 0 Å². The van der Waals surface area contributed by atoms with E-state index in [-0.39, 0.29) is 15.9 Å². The summed E-state index contributed by atoms with van der Waals surface area (Å²) in [7, 11) is 0. The van der Waals surface area contributed by atoms with Crippen LogP contribution in [0.2, 0.25) is 0 Å². The summed E-state index contributed by atoms with van der Waals surface area (Å²) >= 11 is 1.52. The van der Waals surface area contributed by atoms with Crippen LogP contribution in [0.1, 0.15) is 41.5 Å². The van der Waals surface area contributed by atoms with Crippen molar-refractivity contribution in [2.75, 3.05) is 5.75 Å². The van der Waals surface area contributed by atoms with E-state index >= 15 is 0 Å². The molecule has 1 N–H and O–H groups in total. The number of carboxylic acid groups (broad SMARTS) is 1. The molecule has 14 heavy (non-hydrogen) atoms. The van der Waals surface area contributed by atoms with Gasteiger partial charge in [-0.2, -0.15) is 0 Å². The van der Waals surface area contributed by atoms with Gasteiger partial charge in [0.1, 0.15) is 0 Å². The maximum Gasteiger partial charge on any atom is 0.313 e. The van der Waals surface area contributed by atoms with E-state index in [9.17, 15) is 4.79 Å². The predicted octanol–water partition coefficient (Wildman–Crippen LogP) is 3.27. The highest BCUT2D eigenvalue weighted by Crippen LogP contribution is 2.46. The molecule has 0 aromatic carbocycles. The zero-order valence-corrected chi connectivity index (χ0v) is 10.9. The molecule has 0 atom stereocenters. The minimum Gasteiger partial charge on any atom is -0.481 e. The molecular formula is C11H22O2S. The summed E-state index contributed by atoms with van der Waals surface area (Å²) in [5.74, 6) is -0.00944. The number of aliphatic carboxylic acids is 1. The van der Waals surface area contributed by atoms with E-state index < -0.39 is 5.97 Å². The molecule has 0 bridgehead atoms. The Hall–Kier alpha value is -0.180. The third-order valence-corrected chi connectivity index (χ3v) is 5.19. The largest absolute Gasteiger partial charge is 0.481 e. The van der Waals surface area contributed by atoms with Crippen molar-refractivity contribution in [3.8, 4) is 0 Å². The van der Waals surface area contributed by atoms with Crippen molar-refractivity contribution in [1.82, 2.24) is 0 Å². The molecule has 0 aromatic rings. The summed E-state index contributed by atoms with van der Waals surface area (Å²) in [6, 6.07) is 0. The number of thioether (sulfide) groups is 1. The number of rotatable bonds is 5. The van der Waals surface area contributed by atoms with E-state index in [2.05, 4.69) is 41.5 Å². The lowest BCUT2D eigenvalue weighted by Gasteiger charge is -2.44. The molecule has 2 nitrogen and oxygen atoms in total. The van der Waals surface area contributed by atoms with Gasteiger partial charge in [-0.3, -0.25) is 4.79 Å². The van der Waals surface area contributed by atoms with E-state index in [0.717, 1.165) is 0 Å². The average Bonchev–Trinajstić information content (AvgIpc) is 2.00. The van der Waals surface area contributed by atoms with Gasteiger partial charge in [0.15, 0.2) is 0 Å². The second kappa shape index (κ2) is 4.56. The third-order valence-electron chi connectivity index (χ3n) is 3.55. The lowest BCUT2D eigenvalue weighted by atomic mass is 9.72. The van der Waals surface area contributed by atoms with Gasteiger partial charge in [-0.15, -0.1) is 11.8 Å². The molecule has 0 saturated carbocycles. The van der Waals surface area contributed by atoms with Crippen molar-refractivity contribution in [1.29, 1.82) is 0 Å². The molecule has 0 saturated heterocycles. The molecule has 0 heterocycles. The Morgan fingerprint density at radius 2 is 1.71 bits per heavy atom. The van der Waals surface area contributed by atoms with Crippen molar-refractivity contribution in [2.45, 2.75) is 46.3 Å². The van der Waals surface area contributed by atoms with Gasteiger partial charge < -0.3 is 5.11 Å². The Balaban J connectivity index is 4.51. The van der Waals surface area contributed by atoms with Crippen LogP contribution in [0.25, 0.3) is 0 Å². The maximum absolute atomic E-state index is 10.5. The van der Waals surface area contributed by atoms with Gasteiger partial charge in [-0.25, -0.2) is 0 Å². The minimum absolute atomic E-state index is 0.0143. The summed E-state index contributed by atoms with van der Waals surface area (Å²) in [5.41, 5.74) is 0.132. The van der Waals surface area contributed by atoms with Crippen LogP contribution >= 0.6 is 11.8 Å². The lowest BCUT2D eigenvalue weighted by Crippen LogP contribution is -2.40. The van der Waals surface area contributed by atoms with E-state index in [1.807, 2.05) is 0 Å². The molecule has 3 heteroatoms. The predicted molar refractivity (Wildman–Crippen MR) is 62.8 cm³/mol. The SMILES string of the molecule is CC(C)C(C)(C)C(C)(C)SCC(=O)O. The molecule has 84 valence electrons. The molecule has 0 aliphatic carbocycles. The average molecular weight is 218 g/mol. The Bertz CT molecular complexity index is 207. The molecule has 0 spiro atoms. The number of carbonyl (C=O) groups is 1. The summed E-state index contributed by atoms with van der Waals surface area (Å²) in [6.45, 7) is 13.0. The van der Waals surface area contributed by atoms with Gasteiger partial charge in [0.2, 0.25) is 0 Å². The summed E-state index contributed by atoms with van der Waals surface area (Å²) in [5, 5.41) is 8.66. The fourth-order valence-corrected chi connectivity index (χ4v) is 2.22. The highest BCUT2D eigenvalue weighted by Gasteiger charge is 2.39. The smallest absolute Gasteiger partial charge is 0.313 e. The molecule has 0 aromatic heterocycles. The number of hydrogen-bond acceptors (Lipinski definition) is 2. The van der Waals surface area contributed by atoms with Crippen molar-refractivity contribution in [3.05, 3.63) is 0 Å². The van der Waals surface area contributed by atoms with Crippen LogP contribution in [0.15, 0.2) is 0 Å². The number of carboxylic acids is 1. The first kappa shape index (κ1) is 13.8. The molecule has 0 rings (SSSR count). The fraction of sp³-hybridized carbons (Fsp3) is 0.909. The van der Waals surface area contributed by atoms with Crippen LogP contribution in [-0.2, 0) is 4.79 Å². The monoisotopic (exact) mass is 218 g/mol. The zero-order chi connectivity index (χ0) is 11.6. The van der Waals surface area contributed by atoms with Crippen LogP contribution in [-0.4, -0.2) is 21.6 Å². The van der Waals surface area contributed by atoms with Crippen molar-refractivity contribution >= 4 is 17.7 Å². The van der Waals surface area contributed by atoms with E-state index in [4.69, 9.17) is 5.11 Å². The highest BCUT2D eigenvalue weighted by molar-refractivity contribution is 8.01. The fourth-order valence-electron chi connectivity index (χ4n) is 1.12. The summed E-state index contributed by atoms with van der Waals surface area (Å²) in [6.07, 6.45) is 0. The maximum atomic E-state index is 10.5. The van der Waals surface area contributed by atoms with Gasteiger partial charge in [-0.05, 0) is 11.3 Å². The summed E-state index contributed by atoms with van der Waals surface area (Å²) < 4.78 is -0.0143. The van der Waals surface area contributed by atoms with Crippen LogP contribution in [0, 0.1) is 11.3 Å². The molecule has 0 unspecified atom stereocenters. The first-order chi connectivity index (χ1) is 6.11. The topological polar surface area (TPSA) is 37.3 Å². The van der Waals surface area contributed by atoms with E-state index in [0.29, 0.717) is 5.92 Å². The van der Waals surface area contributed by atoms with Crippen molar-refractivity contribution in [2.24, 2.45) is 11.3 Å². The van der Waals surface area contributed by atoms with Gasteiger partial charge in [0.25, 0.3) is 0 Å². The van der Waals surface area contributed by atoms with Gasteiger partial charge in [0, 0.05) is 4.75 Å². The molecule has 0 aliphatic heterocycles. The Labute approximate surface area is 91.5 Å². The molecular weight excluding hydrogens is 196 g/mol. The van der Waals surface area contributed by atoms with E-state index in [1.54, 1.807) is 0 Å². The Kier molecular flexibility index (Phi) is 4.50. The Morgan fingerprint density at radius 1 is 1.29 bits per heavy atom. The van der Waals surface area contributed by atoms with Crippen LogP contribution in [0.3, 0.4) is 0 Å². The van der Waals surface area contributed by atoms with Crippen LogP contribution in [0.4, 0.5) is 0 Å².